The molecule has 3 heterocycles. The number of nitrogens with zero attached hydrogens (tertiary/aromatic N) is 3. The number of hydrogen-bond acceptors (Lipinski definition) is 6. The third kappa shape index (κ3) is 3.45. The van der Waals surface area contributed by atoms with Crippen LogP contribution in [0, 0.1) is 18.7 Å². The summed E-state index contributed by atoms with van der Waals surface area (Å²) in [5, 5.41) is 8.42. The SMILES string of the molecule is Cc1noc(-c2sccc2NC(=O)[C@@H]2CC(=O)N(c3ccc(F)cc3)C2)n1. The van der Waals surface area contributed by atoms with Crippen LogP contribution in [0.25, 0.3) is 10.8 Å². The Balaban J connectivity index is 1.48. The van der Waals surface area contributed by atoms with E-state index in [9.17, 15) is 14.0 Å². The molecule has 3 aromatic rings. The molecule has 2 aromatic heterocycles. The molecular formula is C18H15FN4O3S. The summed E-state index contributed by atoms with van der Waals surface area (Å²) in [6.45, 7) is 1.96. The van der Waals surface area contributed by atoms with E-state index in [-0.39, 0.29) is 30.6 Å². The molecule has 27 heavy (non-hydrogen) atoms. The molecule has 1 aliphatic heterocycles. The van der Waals surface area contributed by atoms with Gasteiger partial charge in [-0.3, -0.25) is 9.59 Å². The average Bonchev–Trinajstić information content (AvgIpc) is 3.36. The maximum atomic E-state index is 13.1. The molecule has 1 aromatic carbocycles. The Kier molecular flexibility index (Phi) is 4.44. The number of aromatic nitrogens is 2. The van der Waals surface area contributed by atoms with Crippen LogP contribution in [0.3, 0.4) is 0 Å². The Bertz CT molecular complexity index is 998. The van der Waals surface area contributed by atoms with Crippen molar-refractivity contribution in [3.63, 3.8) is 0 Å². The van der Waals surface area contributed by atoms with Gasteiger partial charge in [0.25, 0.3) is 5.89 Å². The van der Waals surface area contributed by atoms with Crippen LogP contribution in [0.4, 0.5) is 15.8 Å². The van der Waals surface area contributed by atoms with E-state index in [1.807, 2.05) is 5.38 Å². The van der Waals surface area contributed by atoms with Crippen LogP contribution in [0.5, 0.6) is 0 Å². The molecule has 138 valence electrons. The number of carbonyl (C=O) groups is 2. The zero-order valence-corrected chi connectivity index (χ0v) is 15.1. The Hall–Kier alpha value is -3.07. The molecule has 1 fully saturated rings. The van der Waals surface area contributed by atoms with Crippen LogP contribution in [-0.2, 0) is 9.59 Å². The van der Waals surface area contributed by atoms with Gasteiger partial charge in [0.2, 0.25) is 11.8 Å². The Morgan fingerprint density at radius 3 is 2.81 bits per heavy atom. The highest BCUT2D eigenvalue weighted by molar-refractivity contribution is 7.14. The summed E-state index contributed by atoms with van der Waals surface area (Å²) in [7, 11) is 0. The van der Waals surface area contributed by atoms with Crippen molar-refractivity contribution in [1.82, 2.24) is 10.1 Å². The molecule has 4 rings (SSSR count). The first kappa shape index (κ1) is 17.3. The lowest BCUT2D eigenvalue weighted by Gasteiger charge is -2.16. The standard InChI is InChI=1S/C18H15FN4O3S/c1-10-20-18(26-22-10)16-14(6-7-27-16)21-17(25)11-8-15(24)23(9-11)13-4-2-12(19)3-5-13/h2-7,11H,8-9H2,1H3,(H,21,25)/t11-/m1/s1. The molecule has 1 aliphatic rings. The summed E-state index contributed by atoms with van der Waals surface area (Å²) in [4.78, 5) is 31.3. The second kappa shape index (κ2) is 6.92. The summed E-state index contributed by atoms with van der Waals surface area (Å²) in [6.07, 6.45) is 0.0995. The molecule has 1 atom stereocenters. The van der Waals surface area contributed by atoms with Crippen LogP contribution in [0.15, 0.2) is 40.2 Å². The minimum Gasteiger partial charge on any atom is -0.333 e. The van der Waals surface area contributed by atoms with Gasteiger partial charge in [-0.25, -0.2) is 4.39 Å². The number of anilines is 2. The first-order valence-corrected chi connectivity index (χ1v) is 9.14. The lowest BCUT2D eigenvalue weighted by atomic mass is 10.1. The smallest absolute Gasteiger partial charge is 0.270 e. The number of rotatable bonds is 4. The number of amides is 2. The van der Waals surface area contributed by atoms with E-state index in [1.54, 1.807) is 13.0 Å². The van der Waals surface area contributed by atoms with E-state index in [0.29, 0.717) is 28.0 Å². The minimum absolute atomic E-state index is 0.0995. The van der Waals surface area contributed by atoms with Crippen molar-refractivity contribution >= 4 is 34.5 Å². The lowest BCUT2D eigenvalue weighted by Crippen LogP contribution is -2.28. The zero-order chi connectivity index (χ0) is 19.0. The number of nitrogens with one attached hydrogen (secondary N) is 1. The lowest BCUT2D eigenvalue weighted by molar-refractivity contribution is -0.122. The fraction of sp³-hybridized carbons (Fsp3) is 0.222. The second-order valence-corrected chi connectivity index (χ2v) is 7.10. The summed E-state index contributed by atoms with van der Waals surface area (Å²) in [5.74, 6) is -0.454. The number of hydrogen-bond donors (Lipinski definition) is 1. The Morgan fingerprint density at radius 2 is 2.11 bits per heavy atom. The molecule has 0 spiro atoms. The van der Waals surface area contributed by atoms with Crippen LogP contribution < -0.4 is 10.2 Å². The van der Waals surface area contributed by atoms with Gasteiger partial charge in [-0.15, -0.1) is 11.3 Å². The van der Waals surface area contributed by atoms with Crippen molar-refractivity contribution in [2.45, 2.75) is 13.3 Å². The highest BCUT2D eigenvalue weighted by atomic mass is 32.1. The molecule has 2 amide bonds. The van der Waals surface area contributed by atoms with Gasteiger partial charge >= 0.3 is 0 Å². The molecule has 1 N–H and O–H groups in total. The topological polar surface area (TPSA) is 88.3 Å². The predicted octanol–water partition coefficient (Wildman–Crippen LogP) is 3.24. The van der Waals surface area contributed by atoms with Crippen LogP contribution in [-0.4, -0.2) is 28.5 Å². The number of aryl methyl sites for hydroxylation is 1. The first-order valence-electron chi connectivity index (χ1n) is 8.26. The van der Waals surface area contributed by atoms with E-state index >= 15 is 0 Å². The molecule has 0 bridgehead atoms. The highest BCUT2D eigenvalue weighted by Gasteiger charge is 2.35. The largest absolute Gasteiger partial charge is 0.333 e. The summed E-state index contributed by atoms with van der Waals surface area (Å²) < 4.78 is 18.2. The number of thiophene rings is 1. The maximum absolute atomic E-state index is 13.1. The molecule has 0 aliphatic carbocycles. The summed E-state index contributed by atoms with van der Waals surface area (Å²) in [6, 6.07) is 7.40. The Morgan fingerprint density at radius 1 is 1.33 bits per heavy atom. The summed E-state index contributed by atoms with van der Waals surface area (Å²) in [5.41, 5.74) is 1.15. The normalized spacial score (nSPS) is 16.7. The van der Waals surface area contributed by atoms with Gasteiger partial charge in [0.1, 0.15) is 10.7 Å². The number of benzene rings is 1. The van der Waals surface area contributed by atoms with Gasteiger partial charge in [-0.2, -0.15) is 4.98 Å². The fourth-order valence-corrected chi connectivity index (χ4v) is 3.72. The van der Waals surface area contributed by atoms with E-state index < -0.39 is 5.92 Å². The zero-order valence-electron chi connectivity index (χ0n) is 14.3. The van der Waals surface area contributed by atoms with E-state index in [2.05, 4.69) is 15.5 Å². The van der Waals surface area contributed by atoms with E-state index in [1.165, 1.54) is 40.5 Å². The number of halogens is 1. The molecular weight excluding hydrogens is 371 g/mol. The van der Waals surface area contributed by atoms with Gasteiger partial charge < -0.3 is 14.7 Å². The molecule has 0 radical (unpaired) electrons. The monoisotopic (exact) mass is 386 g/mol. The third-order valence-electron chi connectivity index (χ3n) is 4.28. The molecule has 9 heteroatoms. The highest BCUT2D eigenvalue weighted by Crippen LogP contribution is 2.33. The second-order valence-electron chi connectivity index (χ2n) is 6.18. The quantitative estimate of drug-likeness (QED) is 0.744. The van der Waals surface area contributed by atoms with Gasteiger partial charge in [-0.05, 0) is 42.6 Å². The molecule has 1 saturated heterocycles. The van der Waals surface area contributed by atoms with E-state index in [4.69, 9.17) is 4.52 Å². The molecule has 0 unspecified atom stereocenters. The number of carbonyl (C=O) groups excluding carboxylic acids is 2. The Labute approximate surface area is 157 Å². The van der Waals surface area contributed by atoms with Gasteiger partial charge in [0.05, 0.1) is 11.6 Å². The van der Waals surface area contributed by atoms with Crippen molar-refractivity contribution in [2.24, 2.45) is 5.92 Å². The first-order chi connectivity index (χ1) is 13.0. The minimum atomic E-state index is -0.500. The van der Waals surface area contributed by atoms with Crippen molar-refractivity contribution < 1.29 is 18.5 Å². The van der Waals surface area contributed by atoms with Gasteiger partial charge in [0.15, 0.2) is 5.82 Å². The van der Waals surface area contributed by atoms with Crippen LogP contribution >= 0.6 is 11.3 Å². The predicted molar refractivity (Wildman–Crippen MR) is 97.8 cm³/mol. The van der Waals surface area contributed by atoms with Crippen molar-refractivity contribution in [3.05, 3.63) is 47.4 Å². The summed E-state index contributed by atoms with van der Waals surface area (Å²) >= 11 is 1.38. The maximum Gasteiger partial charge on any atom is 0.270 e. The van der Waals surface area contributed by atoms with Crippen LogP contribution in [0.1, 0.15) is 12.2 Å². The average molecular weight is 386 g/mol. The van der Waals surface area contributed by atoms with Gasteiger partial charge in [-0.1, -0.05) is 5.16 Å². The van der Waals surface area contributed by atoms with Gasteiger partial charge in [0, 0.05) is 18.7 Å². The molecule has 0 saturated carbocycles. The fourth-order valence-electron chi connectivity index (χ4n) is 2.95. The van der Waals surface area contributed by atoms with E-state index in [0.717, 1.165) is 0 Å². The molecule has 7 nitrogen and oxygen atoms in total. The van der Waals surface area contributed by atoms with Crippen molar-refractivity contribution in [1.29, 1.82) is 0 Å². The third-order valence-corrected chi connectivity index (χ3v) is 5.18. The van der Waals surface area contributed by atoms with Crippen molar-refractivity contribution in [3.8, 4) is 10.8 Å². The van der Waals surface area contributed by atoms with Crippen LogP contribution in [0.2, 0.25) is 0 Å². The van der Waals surface area contributed by atoms with Crippen molar-refractivity contribution in [2.75, 3.05) is 16.8 Å².